The summed E-state index contributed by atoms with van der Waals surface area (Å²) in [5, 5.41) is 0. The van der Waals surface area contributed by atoms with Crippen LogP contribution in [0.2, 0.25) is 0 Å². The molecule has 1 aromatic heterocycles. The van der Waals surface area contributed by atoms with Crippen molar-refractivity contribution in [1.29, 1.82) is 0 Å². The predicted molar refractivity (Wildman–Crippen MR) is 67.1 cm³/mol. The summed E-state index contributed by atoms with van der Waals surface area (Å²) in [6.45, 7) is 0.800. The molecule has 17 heavy (non-hydrogen) atoms. The molecule has 1 aliphatic rings. The summed E-state index contributed by atoms with van der Waals surface area (Å²) in [5.74, 6) is 0.527. The lowest BCUT2D eigenvalue weighted by atomic mass is 10.2. The molecule has 0 spiro atoms. The van der Waals surface area contributed by atoms with E-state index in [-0.39, 0.29) is 0 Å². The highest BCUT2D eigenvalue weighted by Crippen LogP contribution is 2.22. The number of rotatable bonds is 3. The van der Waals surface area contributed by atoms with Crippen LogP contribution in [-0.2, 0) is 6.54 Å². The van der Waals surface area contributed by atoms with Crippen molar-refractivity contribution in [3.8, 4) is 0 Å². The standard InChI is InChI=1S/C14H14N2O/c17-10-14-15-12-7-3-4-8-13(12)16(14)9-11-5-1-2-6-11/h3-5,7-8,10H,1-2,6,9H2. The maximum atomic E-state index is 11.1. The van der Waals surface area contributed by atoms with Crippen LogP contribution in [0.3, 0.4) is 0 Å². The Bertz CT molecular complexity index is 595. The zero-order chi connectivity index (χ0) is 11.7. The van der Waals surface area contributed by atoms with Crippen LogP contribution >= 0.6 is 0 Å². The van der Waals surface area contributed by atoms with Crippen LogP contribution < -0.4 is 0 Å². The van der Waals surface area contributed by atoms with Crippen molar-refractivity contribution in [3.05, 3.63) is 41.7 Å². The van der Waals surface area contributed by atoms with Gasteiger partial charge >= 0.3 is 0 Å². The number of hydrogen-bond acceptors (Lipinski definition) is 2. The van der Waals surface area contributed by atoms with Crippen LogP contribution in [0.25, 0.3) is 11.0 Å². The second-order valence-electron chi connectivity index (χ2n) is 4.42. The average Bonchev–Trinajstić information content (AvgIpc) is 2.98. The predicted octanol–water partition coefficient (Wildman–Crippen LogP) is 2.96. The first-order valence-corrected chi connectivity index (χ1v) is 5.97. The first-order chi connectivity index (χ1) is 8.38. The Labute approximate surface area is 99.8 Å². The molecule has 3 heteroatoms. The molecule has 0 fully saturated rings. The molecular weight excluding hydrogens is 212 g/mol. The third-order valence-electron chi connectivity index (χ3n) is 3.29. The number of aldehydes is 1. The molecule has 2 aromatic rings. The van der Waals surface area contributed by atoms with Crippen molar-refractivity contribution < 1.29 is 4.79 Å². The van der Waals surface area contributed by atoms with Gasteiger partial charge in [0, 0.05) is 6.54 Å². The van der Waals surface area contributed by atoms with E-state index in [1.165, 1.54) is 18.4 Å². The number of imidazole rings is 1. The van der Waals surface area contributed by atoms with Gasteiger partial charge in [0.15, 0.2) is 12.1 Å². The van der Waals surface area contributed by atoms with Gasteiger partial charge < -0.3 is 4.57 Å². The minimum atomic E-state index is 0.527. The van der Waals surface area contributed by atoms with E-state index in [1.807, 2.05) is 28.8 Å². The molecule has 0 unspecified atom stereocenters. The second-order valence-corrected chi connectivity index (χ2v) is 4.42. The Kier molecular flexibility index (Phi) is 2.52. The third-order valence-corrected chi connectivity index (χ3v) is 3.29. The molecule has 1 aromatic carbocycles. The van der Waals surface area contributed by atoms with E-state index >= 15 is 0 Å². The number of hydrogen-bond donors (Lipinski definition) is 0. The molecule has 3 nitrogen and oxygen atoms in total. The van der Waals surface area contributed by atoms with Gasteiger partial charge in [-0.25, -0.2) is 4.98 Å². The van der Waals surface area contributed by atoms with Gasteiger partial charge in [-0.2, -0.15) is 0 Å². The van der Waals surface area contributed by atoms with Crippen LogP contribution in [0.4, 0.5) is 0 Å². The third kappa shape index (κ3) is 1.78. The van der Waals surface area contributed by atoms with Crippen molar-refractivity contribution in [1.82, 2.24) is 9.55 Å². The average molecular weight is 226 g/mol. The van der Waals surface area contributed by atoms with E-state index in [4.69, 9.17) is 0 Å². The molecule has 0 amide bonds. The first kappa shape index (κ1) is 10.3. The number of nitrogens with zero attached hydrogens (tertiary/aromatic N) is 2. The Morgan fingerprint density at radius 3 is 3.00 bits per heavy atom. The van der Waals surface area contributed by atoms with E-state index in [9.17, 15) is 4.79 Å². The second kappa shape index (κ2) is 4.17. The van der Waals surface area contributed by atoms with Gasteiger partial charge in [0.25, 0.3) is 0 Å². The number of fused-ring (bicyclic) bond motifs is 1. The van der Waals surface area contributed by atoms with Crippen molar-refractivity contribution in [2.45, 2.75) is 25.8 Å². The molecule has 0 atom stereocenters. The van der Waals surface area contributed by atoms with E-state index in [0.29, 0.717) is 5.82 Å². The maximum absolute atomic E-state index is 11.1. The zero-order valence-corrected chi connectivity index (χ0v) is 9.60. The van der Waals surface area contributed by atoms with E-state index in [1.54, 1.807) is 0 Å². The number of para-hydroxylation sites is 2. The topological polar surface area (TPSA) is 34.9 Å². The molecule has 0 N–H and O–H groups in total. The smallest absolute Gasteiger partial charge is 0.185 e. The van der Waals surface area contributed by atoms with Crippen molar-refractivity contribution in [2.24, 2.45) is 0 Å². The summed E-state index contributed by atoms with van der Waals surface area (Å²) in [6.07, 6.45) is 6.67. The van der Waals surface area contributed by atoms with Crippen molar-refractivity contribution in [2.75, 3.05) is 0 Å². The summed E-state index contributed by atoms with van der Waals surface area (Å²) < 4.78 is 2.01. The monoisotopic (exact) mass is 226 g/mol. The van der Waals surface area contributed by atoms with Gasteiger partial charge in [0.2, 0.25) is 0 Å². The van der Waals surface area contributed by atoms with E-state index in [0.717, 1.165) is 30.3 Å². The van der Waals surface area contributed by atoms with Crippen LogP contribution in [0.15, 0.2) is 35.9 Å². The molecule has 0 radical (unpaired) electrons. The van der Waals surface area contributed by atoms with E-state index < -0.39 is 0 Å². The number of allylic oxidation sites excluding steroid dienone is 2. The van der Waals surface area contributed by atoms with Crippen molar-refractivity contribution >= 4 is 17.3 Å². The molecule has 0 bridgehead atoms. The van der Waals surface area contributed by atoms with Crippen LogP contribution in [-0.4, -0.2) is 15.8 Å². The minimum Gasteiger partial charge on any atom is -0.318 e. The summed E-state index contributed by atoms with van der Waals surface area (Å²) >= 11 is 0. The SMILES string of the molecule is O=Cc1nc2ccccc2n1CC1=CCCC1. The van der Waals surface area contributed by atoms with Crippen LogP contribution in [0.5, 0.6) is 0 Å². The lowest BCUT2D eigenvalue weighted by Gasteiger charge is -2.06. The largest absolute Gasteiger partial charge is 0.318 e. The molecule has 1 heterocycles. The van der Waals surface area contributed by atoms with Gasteiger partial charge in [-0.3, -0.25) is 4.79 Å². The fourth-order valence-electron chi connectivity index (χ4n) is 2.43. The van der Waals surface area contributed by atoms with Crippen molar-refractivity contribution in [3.63, 3.8) is 0 Å². The Hall–Kier alpha value is -1.90. The molecule has 0 saturated carbocycles. The van der Waals surface area contributed by atoms with Gasteiger partial charge in [-0.15, -0.1) is 0 Å². The Morgan fingerprint density at radius 1 is 1.35 bits per heavy atom. The number of carbonyl (C=O) groups is 1. The zero-order valence-electron chi connectivity index (χ0n) is 9.60. The number of aromatic nitrogens is 2. The maximum Gasteiger partial charge on any atom is 0.185 e. The molecule has 3 rings (SSSR count). The summed E-state index contributed by atoms with van der Waals surface area (Å²) in [7, 11) is 0. The number of benzene rings is 1. The normalized spacial score (nSPS) is 15.2. The minimum absolute atomic E-state index is 0.527. The molecule has 0 aliphatic heterocycles. The highest BCUT2D eigenvalue weighted by atomic mass is 16.1. The highest BCUT2D eigenvalue weighted by Gasteiger charge is 2.12. The first-order valence-electron chi connectivity index (χ1n) is 5.97. The van der Waals surface area contributed by atoms with Gasteiger partial charge in [0.05, 0.1) is 11.0 Å². The Morgan fingerprint density at radius 2 is 2.24 bits per heavy atom. The van der Waals surface area contributed by atoms with Gasteiger partial charge in [-0.1, -0.05) is 23.8 Å². The molecule has 1 aliphatic carbocycles. The fourth-order valence-corrected chi connectivity index (χ4v) is 2.43. The van der Waals surface area contributed by atoms with Gasteiger partial charge in [-0.05, 0) is 31.4 Å². The lowest BCUT2D eigenvalue weighted by molar-refractivity contribution is 0.111. The molecular formula is C14H14N2O. The Balaban J connectivity index is 2.09. The van der Waals surface area contributed by atoms with Gasteiger partial charge in [0.1, 0.15) is 0 Å². The highest BCUT2D eigenvalue weighted by molar-refractivity contribution is 5.83. The molecule has 86 valence electrons. The quantitative estimate of drug-likeness (QED) is 0.595. The molecule has 0 saturated heterocycles. The van der Waals surface area contributed by atoms with Crippen LogP contribution in [0.1, 0.15) is 29.9 Å². The fraction of sp³-hybridized carbons (Fsp3) is 0.286. The van der Waals surface area contributed by atoms with E-state index in [2.05, 4.69) is 11.1 Å². The lowest BCUT2D eigenvalue weighted by Crippen LogP contribution is -2.04. The number of carbonyl (C=O) groups excluding carboxylic acids is 1. The summed E-state index contributed by atoms with van der Waals surface area (Å²) in [4.78, 5) is 15.4. The summed E-state index contributed by atoms with van der Waals surface area (Å²) in [5.41, 5.74) is 3.35. The summed E-state index contributed by atoms with van der Waals surface area (Å²) in [6, 6.07) is 7.90. The van der Waals surface area contributed by atoms with Crippen LogP contribution in [0, 0.1) is 0 Å².